The van der Waals surface area contributed by atoms with E-state index < -0.39 is 11.7 Å². The Morgan fingerprint density at radius 2 is 1.71 bits per heavy atom. The van der Waals surface area contributed by atoms with E-state index >= 15 is 0 Å². The number of halogens is 3. The van der Waals surface area contributed by atoms with Crippen LogP contribution in [-0.4, -0.2) is 9.97 Å². The molecule has 0 aliphatic heterocycles. The van der Waals surface area contributed by atoms with Crippen LogP contribution in [0.1, 0.15) is 5.56 Å². The van der Waals surface area contributed by atoms with Gasteiger partial charge in [-0.15, -0.1) is 0 Å². The van der Waals surface area contributed by atoms with Gasteiger partial charge in [-0.2, -0.15) is 13.2 Å². The van der Waals surface area contributed by atoms with E-state index in [-0.39, 0.29) is 5.82 Å². The van der Waals surface area contributed by atoms with Crippen molar-refractivity contribution in [2.45, 2.75) is 6.18 Å². The van der Waals surface area contributed by atoms with Crippen LogP contribution in [0.3, 0.4) is 0 Å². The van der Waals surface area contributed by atoms with Gasteiger partial charge in [0.1, 0.15) is 11.6 Å². The number of nitrogens with zero attached hydrogens (tertiary/aromatic N) is 2. The van der Waals surface area contributed by atoms with Crippen LogP contribution in [-0.2, 0) is 6.18 Å². The summed E-state index contributed by atoms with van der Waals surface area (Å²) >= 11 is 0. The van der Waals surface area contributed by atoms with E-state index in [1.54, 1.807) is 18.2 Å². The molecule has 0 saturated heterocycles. The monoisotopic (exact) mass is 239 g/mol. The Kier molecular flexibility index (Phi) is 2.95. The average molecular weight is 239 g/mol. The first kappa shape index (κ1) is 11.4. The Balaban J connectivity index is 2.23. The van der Waals surface area contributed by atoms with Gasteiger partial charge in [-0.25, -0.2) is 9.97 Å². The molecule has 1 N–H and O–H groups in total. The molecule has 6 heteroatoms. The highest BCUT2D eigenvalue weighted by Crippen LogP contribution is 2.30. The zero-order valence-electron chi connectivity index (χ0n) is 8.57. The molecule has 2 aromatic heterocycles. The molecule has 0 aliphatic carbocycles. The largest absolute Gasteiger partial charge is 0.416 e. The topological polar surface area (TPSA) is 37.8 Å². The Hall–Kier alpha value is -2.11. The van der Waals surface area contributed by atoms with Crippen LogP contribution in [0.5, 0.6) is 0 Å². The lowest BCUT2D eigenvalue weighted by Crippen LogP contribution is -2.06. The van der Waals surface area contributed by atoms with E-state index in [0.717, 1.165) is 18.3 Å². The Labute approximate surface area is 95.3 Å². The van der Waals surface area contributed by atoms with Gasteiger partial charge in [0.2, 0.25) is 0 Å². The second kappa shape index (κ2) is 4.40. The van der Waals surface area contributed by atoms with Crippen molar-refractivity contribution in [3.05, 3.63) is 48.3 Å². The molecule has 0 atom stereocenters. The van der Waals surface area contributed by atoms with E-state index in [1.165, 1.54) is 6.20 Å². The lowest BCUT2D eigenvalue weighted by atomic mass is 10.2. The summed E-state index contributed by atoms with van der Waals surface area (Å²) in [6.45, 7) is 0. The smallest absolute Gasteiger partial charge is 0.325 e. The number of anilines is 2. The summed E-state index contributed by atoms with van der Waals surface area (Å²) in [5, 5.41) is 2.69. The number of hydrogen-bond acceptors (Lipinski definition) is 3. The molecule has 0 aliphatic rings. The third kappa shape index (κ3) is 2.93. The van der Waals surface area contributed by atoms with E-state index in [1.807, 2.05) is 0 Å². The van der Waals surface area contributed by atoms with Crippen molar-refractivity contribution in [2.24, 2.45) is 0 Å². The molecular weight excluding hydrogens is 231 g/mol. The third-order valence-corrected chi connectivity index (χ3v) is 2.01. The number of alkyl halides is 3. The summed E-state index contributed by atoms with van der Waals surface area (Å²) < 4.78 is 37.3. The Bertz CT molecular complexity index is 497. The molecule has 0 saturated carbocycles. The van der Waals surface area contributed by atoms with Crippen LogP contribution in [0.2, 0.25) is 0 Å². The van der Waals surface area contributed by atoms with Crippen LogP contribution in [0.15, 0.2) is 42.7 Å². The number of rotatable bonds is 2. The first-order valence-corrected chi connectivity index (χ1v) is 4.77. The minimum atomic E-state index is -4.37. The van der Waals surface area contributed by atoms with E-state index in [0.29, 0.717) is 5.82 Å². The van der Waals surface area contributed by atoms with Gasteiger partial charge in [-0.05, 0) is 24.3 Å². The quantitative estimate of drug-likeness (QED) is 0.874. The first-order chi connectivity index (χ1) is 8.05. The fraction of sp³-hybridized carbons (Fsp3) is 0.0909. The Morgan fingerprint density at radius 3 is 2.35 bits per heavy atom. The number of nitrogens with one attached hydrogen (secondary N) is 1. The zero-order chi connectivity index (χ0) is 12.3. The molecule has 0 amide bonds. The van der Waals surface area contributed by atoms with Gasteiger partial charge in [0, 0.05) is 12.4 Å². The van der Waals surface area contributed by atoms with Crippen molar-refractivity contribution < 1.29 is 13.2 Å². The second-order valence-corrected chi connectivity index (χ2v) is 3.27. The van der Waals surface area contributed by atoms with Gasteiger partial charge in [0.15, 0.2) is 0 Å². The normalized spacial score (nSPS) is 11.2. The van der Waals surface area contributed by atoms with Crippen molar-refractivity contribution in [3.8, 4) is 0 Å². The van der Waals surface area contributed by atoms with Gasteiger partial charge >= 0.3 is 6.18 Å². The summed E-state index contributed by atoms with van der Waals surface area (Å²) in [5.41, 5.74) is -0.745. The lowest BCUT2D eigenvalue weighted by Gasteiger charge is -2.08. The van der Waals surface area contributed by atoms with Gasteiger partial charge in [0.25, 0.3) is 0 Å². The minimum absolute atomic E-state index is 0.110. The maximum atomic E-state index is 12.4. The second-order valence-electron chi connectivity index (χ2n) is 3.27. The van der Waals surface area contributed by atoms with Gasteiger partial charge in [0.05, 0.1) is 5.56 Å². The third-order valence-electron chi connectivity index (χ3n) is 2.01. The summed E-state index contributed by atoms with van der Waals surface area (Å²) in [6.07, 6.45) is -1.73. The number of pyridine rings is 2. The fourth-order valence-corrected chi connectivity index (χ4v) is 1.24. The van der Waals surface area contributed by atoms with E-state index in [2.05, 4.69) is 15.3 Å². The SMILES string of the molecule is FC(F)(F)c1ccnc(Nc2ccccn2)c1. The first-order valence-electron chi connectivity index (χ1n) is 4.77. The molecule has 0 spiro atoms. The van der Waals surface area contributed by atoms with Gasteiger partial charge in [-0.3, -0.25) is 0 Å². The highest BCUT2D eigenvalue weighted by molar-refractivity contribution is 5.52. The van der Waals surface area contributed by atoms with Crippen LogP contribution in [0.4, 0.5) is 24.8 Å². The maximum Gasteiger partial charge on any atom is 0.416 e. The van der Waals surface area contributed by atoms with Gasteiger partial charge in [-0.1, -0.05) is 6.07 Å². The number of hydrogen-bond donors (Lipinski definition) is 1. The molecule has 2 aromatic rings. The van der Waals surface area contributed by atoms with Crippen molar-refractivity contribution in [1.82, 2.24) is 9.97 Å². The van der Waals surface area contributed by atoms with Gasteiger partial charge < -0.3 is 5.32 Å². The molecule has 2 rings (SSSR count). The lowest BCUT2D eigenvalue weighted by molar-refractivity contribution is -0.137. The minimum Gasteiger partial charge on any atom is -0.325 e. The van der Waals surface area contributed by atoms with Crippen molar-refractivity contribution in [1.29, 1.82) is 0 Å². The predicted octanol–water partition coefficient (Wildman–Crippen LogP) is 3.24. The fourth-order valence-electron chi connectivity index (χ4n) is 1.24. The summed E-state index contributed by atoms with van der Waals surface area (Å²) in [6, 6.07) is 6.94. The highest BCUT2D eigenvalue weighted by atomic mass is 19.4. The molecule has 0 aromatic carbocycles. The standard InChI is InChI=1S/C11H8F3N3/c12-11(13,14)8-4-6-16-10(7-8)17-9-3-1-2-5-15-9/h1-7H,(H,15,16,17). The highest BCUT2D eigenvalue weighted by Gasteiger charge is 2.30. The van der Waals surface area contributed by atoms with Crippen molar-refractivity contribution in [3.63, 3.8) is 0 Å². The van der Waals surface area contributed by atoms with Crippen molar-refractivity contribution in [2.75, 3.05) is 5.32 Å². The van der Waals surface area contributed by atoms with Crippen LogP contribution >= 0.6 is 0 Å². The molecule has 0 unspecified atom stereocenters. The van der Waals surface area contributed by atoms with Crippen molar-refractivity contribution >= 4 is 11.6 Å². The summed E-state index contributed by atoms with van der Waals surface area (Å²) in [7, 11) is 0. The Morgan fingerprint density at radius 1 is 0.941 bits per heavy atom. The van der Waals surface area contributed by atoms with E-state index in [4.69, 9.17) is 0 Å². The molecular formula is C11H8F3N3. The molecule has 88 valence electrons. The zero-order valence-corrected chi connectivity index (χ0v) is 8.57. The molecule has 3 nitrogen and oxygen atoms in total. The number of aromatic nitrogens is 2. The van der Waals surface area contributed by atoms with E-state index in [9.17, 15) is 13.2 Å². The van der Waals surface area contributed by atoms with Crippen LogP contribution < -0.4 is 5.32 Å². The summed E-state index contributed by atoms with van der Waals surface area (Å²) in [4.78, 5) is 7.73. The molecule has 0 fully saturated rings. The molecule has 17 heavy (non-hydrogen) atoms. The molecule has 0 radical (unpaired) electrons. The van der Waals surface area contributed by atoms with Crippen LogP contribution in [0, 0.1) is 0 Å². The molecule has 0 bridgehead atoms. The molecule has 2 heterocycles. The maximum absolute atomic E-state index is 12.4. The summed E-state index contributed by atoms with van der Waals surface area (Å²) in [5.74, 6) is 0.554. The predicted molar refractivity (Wildman–Crippen MR) is 56.8 cm³/mol. The average Bonchev–Trinajstić information content (AvgIpc) is 2.29. The van der Waals surface area contributed by atoms with Crippen LogP contribution in [0.25, 0.3) is 0 Å².